The molecule has 0 aromatic heterocycles. The average molecular weight is 158 g/mol. The van der Waals surface area contributed by atoms with Crippen LogP contribution in [0.1, 0.15) is 27.2 Å². The lowest BCUT2D eigenvalue weighted by Gasteiger charge is -2.33. The second-order valence-electron chi connectivity index (χ2n) is 3.40. The van der Waals surface area contributed by atoms with Gasteiger partial charge in [-0.15, -0.1) is 0 Å². The van der Waals surface area contributed by atoms with Gasteiger partial charge in [-0.1, -0.05) is 20.8 Å². The lowest BCUT2D eigenvalue weighted by Crippen LogP contribution is -2.41. The van der Waals surface area contributed by atoms with E-state index in [1.165, 1.54) is 0 Å². The van der Waals surface area contributed by atoms with Crippen LogP contribution in [0.4, 0.5) is 0 Å². The Kier molecular flexibility index (Phi) is 3.34. The lowest BCUT2D eigenvalue weighted by molar-refractivity contribution is -0.155. The SMILES string of the molecule is CCC1OCCOC1C(C)C. The number of ether oxygens (including phenoxy) is 2. The topological polar surface area (TPSA) is 18.5 Å². The van der Waals surface area contributed by atoms with Crippen LogP contribution in [0, 0.1) is 5.92 Å². The Morgan fingerprint density at radius 3 is 2.36 bits per heavy atom. The van der Waals surface area contributed by atoms with Crippen molar-refractivity contribution in [1.29, 1.82) is 0 Å². The van der Waals surface area contributed by atoms with Crippen LogP contribution in [-0.2, 0) is 9.47 Å². The highest BCUT2D eigenvalue weighted by Crippen LogP contribution is 2.19. The van der Waals surface area contributed by atoms with Crippen molar-refractivity contribution in [2.24, 2.45) is 5.92 Å². The van der Waals surface area contributed by atoms with E-state index in [4.69, 9.17) is 9.47 Å². The van der Waals surface area contributed by atoms with E-state index in [-0.39, 0.29) is 0 Å². The molecule has 1 heterocycles. The molecule has 1 saturated heterocycles. The van der Waals surface area contributed by atoms with Crippen LogP contribution in [0.2, 0.25) is 0 Å². The van der Waals surface area contributed by atoms with Crippen LogP contribution >= 0.6 is 0 Å². The maximum Gasteiger partial charge on any atom is 0.0860 e. The van der Waals surface area contributed by atoms with Gasteiger partial charge >= 0.3 is 0 Å². The molecule has 0 spiro atoms. The van der Waals surface area contributed by atoms with Crippen LogP contribution in [-0.4, -0.2) is 25.4 Å². The smallest absolute Gasteiger partial charge is 0.0860 e. The minimum Gasteiger partial charge on any atom is -0.373 e. The summed E-state index contributed by atoms with van der Waals surface area (Å²) in [4.78, 5) is 0. The molecule has 0 saturated carbocycles. The molecule has 0 aromatic rings. The molecule has 0 aliphatic carbocycles. The highest BCUT2D eigenvalue weighted by atomic mass is 16.6. The van der Waals surface area contributed by atoms with E-state index in [9.17, 15) is 0 Å². The Hall–Kier alpha value is -0.0800. The highest BCUT2D eigenvalue weighted by Gasteiger charge is 2.27. The molecule has 1 aliphatic heterocycles. The fourth-order valence-corrected chi connectivity index (χ4v) is 1.56. The molecule has 11 heavy (non-hydrogen) atoms. The van der Waals surface area contributed by atoms with Crippen molar-refractivity contribution in [2.75, 3.05) is 13.2 Å². The molecule has 0 bridgehead atoms. The number of hydrogen-bond donors (Lipinski definition) is 0. The Morgan fingerprint density at radius 1 is 1.27 bits per heavy atom. The lowest BCUT2D eigenvalue weighted by atomic mass is 9.99. The monoisotopic (exact) mass is 158 g/mol. The molecule has 0 aromatic carbocycles. The molecule has 1 rings (SSSR count). The molecule has 1 aliphatic rings. The Morgan fingerprint density at radius 2 is 1.91 bits per heavy atom. The first-order chi connectivity index (χ1) is 5.25. The maximum atomic E-state index is 5.62. The van der Waals surface area contributed by atoms with Crippen LogP contribution in [0.15, 0.2) is 0 Å². The summed E-state index contributed by atoms with van der Waals surface area (Å²) < 4.78 is 11.2. The predicted molar refractivity (Wildman–Crippen MR) is 44.6 cm³/mol. The summed E-state index contributed by atoms with van der Waals surface area (Å²) in [5.41, 5.74) is 0. The molecule has 66 valence electrons. The molecule has 2 nitrogen and oxygen atoms in total. The quantitative estimate of drug-likeness (QED) is 0.610. The molecule has 0 N–H and O–H groups in total. The Balaban J connectivity index is 2.44. The van der Waals surface area contributed by atoms with Crippen LogP contribution in [0.3, 0.4) is 0 Å². The molecule has 0 amide bonds. The van der Waals surface area contributed by atoms with Crippen LogP contribution in [0.25, 0.3) is 0 Å². The summed E-state index contributed by atoms with van der Waals surface area (Å²) in [6.07, 6.45) is 1.69. The zero-order valence-electron chi connectivity index (χ0n) is 7.67. The molecular formula is C9H18O2. The average Bonchev–Trinajstić information content (AvgIpc) is 2.04. The van der Waals surface area contributed by atoms with Gasteiger partial charge in [-0.05, 0) is 12.3 Å². The van der Waals surface area contributed by atoms with Gasteiger partial charge in [-0.3, -0.25) is 0 Å². The summed E-state index contributed by atoms with van der Waals surface area (Å²) in [6, 6.07) is 0. The zero-order valence-corrected chi connectivity index (χ0v) is 7.67. The van der Waals surface area contributed by atoms with Crippen molar-refractivity contribution in [2.45, 2.75) is 39.4 Å². The van der Waals surface area contributed by atoms with Crippen LogP contribution < -0.4 is 0 Å². The molecule has 0 radical (unpaired) electrons. The van der Waals surface area contributed by atoms with Crippen molar-refractivity contribution in [3.63, 3.8) is 0 Å². The number of rotatable bonds is 2. The fourth-order valence-electron chi connectivity index (χ4n) is 1.56. The first kappa shape index (κ1) is 9.01. The van der Waals surface area contributed by atoms with Crippen molar-refractivity contribution in [3.8, 4) is 0 Å². The Bertz CT molecular complexity index is 112. The summed E-state index contributed by atoms with van der Waals surface area (Å²) in [7, 11) is 0. The molecule has 1 fully saturated rings. The summed E-state index contributed by atoms with van der Waals surface area (Å²) >= 11 is 0. The van der Waals surface area contributed by atoms with Gasteiger partial charge in [-0.25, -0.2) is 0 Å². The first-order valence-electron chi connectivity index (χ1n) is 4.49. The summed E-state index contributed by atoms with van der Waals surface area (Å²) in [5.74, 6) is 0.570. The van der Waals surface area contributed by atoms with Crippen molar-refractivity contribution in [1.82, 2.24) is 0 Å². The third-order valence-electron chi connectivity index (χ3n) is 2.15. The highest BCUT2D eigenvalue weighted by molar-refractivity contribution is 4.75. The molecular weight excluding hydrogens is 140 g/mol. The van der Waals surface area contributed by atoms with Gasteiger partial charge in [0.05, 0.1) is 25.4 Å². The van der Waals surface area contributed by atoms with Gasteiger partial charge in [0, 0.05) is 0 Å². The largest absolute Gasteiger partial charge is 0.373 e. The van der Waals surface area contributed by atoms with Crippen molar-refractivity contribution >= 4 is 0 Å². The second kappa shape index (κ2) is 4.07. The van der Waals surface area contributed by atoms with Gasteiger partial charge in [-0.2, -0.15) is 0 Å². The zero-order chi connectivity index (χ0) is 8.27. The first-order valence-corrected chi connectivity index (χ1v) is 4.49. The Labute approximate surface area is 68.9 Å². The minimum atomic E-state index is 0.314. The van der Waals surface area contributed by atoms with Crippen molar-refractivity contribution < 1.29 is 9.47 Å². The van der Waals surface area contributed by atoms with Gasteiger partial charge < -0.3 is 9.47 Å². The normalized spacial score (nSPS) is 32.7. The van der Waals surface area contributed by atoms with Crippen LogP contribution in [0.5, 0.6) is 0 Å². The van der Waals surface area contributed by atoms with Gasteiger partial charge in [0.25, 0.3) is 0 Å². The standard InChI is InChI=1S/C9H18O2/c1-4-8-9(7(2)3)11-6-5-10-8/h7-9H,4-6H2,1-3H3. The third kappa shape index (κ3) is 2.17. The molecule has 2 heteroatoms. The van der Waals surface area contributed by atoms with Crippen molar-refractivity contribution in [3.05, 3.63) is 0 Å². The van der Waals surface area contributed by atoms with E-state index in [1.807, 2.05) is 0 Å². The maximum absolute atomic E-state index is 5.62. The molecule has 2 unspecified atom stereocenters. The third-order valence-corrected chi connectivity index (χ3v) is 2.15. The van der Waals surface area contributed by atoms with Gasteiger partial charge in [0.15, 0.2) is 0 Å². The van der Waals surface area contributed by atoms with Gasteiger partial charge in [0.1, 0.15) is 0 Å². The molecule has 2 atom stereocenters. The van der Waals surface area contributed by atoms with E-state index in [0.29, 0.717) is 18.1 Å². The fraction of sp³-hybridized carbons (Fsp3) is 1.00. The van der Waals surface area contributed by atoms with E-state index in [2.05, 4.69) is 20.8 Å². The van der Waals surface area contributed by atoms with Gasteiger partial charge in [0.2, 0.25) is 0 Å². The predicted octanol–water partition coefficient (Wildman–Crippen LogP) is 1.84. The number of hydrogen-bond acceptors (Lipinski definition) is 2. The van der Waals surface area contributed by atoms with E-state index in [1.54, 1.807) is 0 Å². The second-order valence-corrected chi connectivity index (χ2v) is 3.40. The van der Waals surface area contributed by atoms with E-state index < -0.39 is 0 Å². The van der Waals surface area contributed by atoms with E-state index >= 15 is 0 Å². The minimum absolute atomic E-state index is 0.314. The van der Waals surface area contributed by atoms with E-state index in [0.717, 1.165) is 19.6 Å². The summed E-state index contributed by atoms with van der Waals surface area (Å²) in [5, 5.41) is 0. The summed E-state index contributed by atoms with van der Waals surface area (Å²) in [6.45, 7) is 8.04.